The third kappa shape index (κ3) is 1.90. The third-order valence-corrected chi connectivity index (χ3v) is 2.03. The second-order valence-electron chi connectivity index (χ2n) is 3.05. The summed E-state index contributed by atoms with van der Waals surface area (Å²) in [5, 5.41) is 0. The van der Waals surface area contributed by atoms with Crippen molar-refractivity contribution in [2.24, 2.45) is 0 Å². The monoisotopic (exact) mass is 176 g/mol. The van der Waals surface area contributed by atoms with Crippen molar-refractivity contribution < 1.29 is 9.47 Å². The predicted octanol–water partition coefficient (Wildman–Crippen LogP) is 2.11. The first kappa shape index (κ1) is 8.32. The molecule has 0 spiro atoms. The lowest BCUT2D eigenvalue weighted by molar-refractivity contribution is -0.0796. The van der Waals surface area contributed by atoms with Gasteiger partial charge in [0.05, 0.1) is 13.2 Å². The van der Waals surface area contributed by atoms with Gasteiger partial charge < -0.3 is 9.47 Å². The van der Waals surface area contributed by atoms with Crippen molar-refractivity contribution in [2.75, 3.05) is 13.2 Å². The molecule has 0 aliphatic carbocycles. The van der Waals surface area contributed by atoms with E-state index < -0.39 is 0 Å². The number of rotatable bonds is 3. The lowest BCUT2D eigenvalue weighted by Crippen LogP contribution is -2.38. The van der Waals surface area contributed by atoms with Gasteiger partial charge in [0.1, 0.15) is 11.9 Å². The maximum atomic E-state index is 5.59. The van der Waals surface area contributed by atoms with E-state index >= 15 is 0 Å². The molecule has 0 aromatic heterocycles. The summed E-state index contributed by atoms with van der Waals surface area (Å²) in [6, 6.07) is 7.88. The van der Waals surface area contributed by atoms with Crippen molar-refractivity contribution in [1.29, 1.82) is 0 Å². The minimum absolute atomic E-state index is 0.245. The highest BCUT2D eigenvalue weighted by molar-refractivity contribution is 5.48. The molecule has 1 aromatic rings. The van der Waals surface area contributed by atoms with Crippen LogP contribution in [0.15, 0.2) is 30.8 Å². The molecule has 1 aromatic carbocycles. The second kappa shape index (κ2) is 3.62. The largest absolute Gasteiger partial charge is 0.486 e. The summed E-state index contributed by atoms with van der Waals surface area (Å²) >= 11 is 0. The summed E-state index contributed by atoms with van der Waals surface area (Å²) in [7, 11) is 0. The molecule has 1 saturated heterocycles. The molecular weight excluding hydrogens is 164 g/mol. The van der Waals surface area contributed by atoms with E-state index in [1.807, 2.05) is 30.3 Å². The first-order chi connectivity index (χ1) is 6.38. The van der Waals surface area contributed by atoms with Crippen LogP contribution in [0.2, 0.25) is 0 Å². The van der Waals surface area contributed by atoms with Gasteiger partial charge in [0.25, 0.3) is 0 Å². The van der Waals surface area contributed by atoms with Gasteiger partial charge in [0.2, 0.25) is 0 Å². The summed E-state index contributed by atoms with van der Waals surface area (Å²) in [5.41, 5.74) is 1.11. The zero-order valence-electron chi connectivity index (χ0n) is 7.40. The van der Waals surface area contributed by atoms with Crippen molar-refractivity contribution in [2.45, 2.75) is 6.10 Å². The normalized spacial score (nSPS) is 16.3. The zero-order chi connectivity index (χ0) is 9.10. The van der Waals surface area contributed by atoms with Crippen LogP contribution in [0.25, 0.3) is 6.08 Å². The molecule has 0 unspecified atom stereocenters. The number of hydrogen-bond donors (Lipinski definition) is 0. The molecule has 2 rings (SSSR count). The van der Waals surface area contributed by atoms with E-state index in [2.05, 4.69) is 6.58 Å². The van der Waals surface area contributed by atoms with Crippen LogP contribution in [0.4, 0.5) is 0 Å². The van der Waals surface area contributed by atoms with Crippen LogP contribution < -0.4 is 4.74 Å². The zero-order valence-corrected chi connectivity index (χ0v) is 7.40. The van der Waals surface area contributed by atoms with Crippen molar-refractivity contribution in [3.05, 3.63) is 36.4 Å². The van der Waals surface area contributed by atoms with E-state index in [0.29, 0.717) is 13.2 Å². The maximum Gasteiger partial charge on any atom is 0.145 e. The van der Waals surface area contributed by atoms with Gasteiger partial charge in [0, 0.05) is 0 Å². The van der Waals surface area contributed by atoms with E-state index in [-0.39, 0.29) is 6.10 Å². The fourth-order valence-corrected chi connectivity index (χ4v) is 1.16. The molecule has 68 valence electrons. The summed E-state index contributed by atoms with van der Waals surface area (Å²) in [5.74, 6) is 0.902. The molecule has 0 saturated carbocycles. The van der Waals surface area contributed by atoms with Gasteiger partial charge in [-0.25, -0.2) is 0 Å². The Labute approximate surface area is 77.8 Å². The van der Waals surface area contributed by atoms with Crippen LogP contribution >= 0.6 is 0 Å². The van der Waals surface area contributed by atoms with E-state index in [1.54, 1.807) is 0 Å². The van der Waals surface area contributed by atoms with Gasteiger partial charge in [0.15, 0.2) is 0 Å². The highest BCUT2D eigenvalue weighted by Gasteiger charge is 2.19. The Kier molecular flexibility index (Phi) is 2.32. The second-order valence-corrected chi connectivity index (χ2v) is 3.05. The molecule has 0 amide bonds. The quantitative estimate of drug-likeness (QED) is 0.702. The minimum atomic E-state index is 0.245. The van der Waals surface area contributed by atoms with Crippen molar-refractivity contribution in [1.82, 2.24) is 0 Å². The Morgan fingerprint density at radius 3 is 2.46 bits per heavy atom. The predicted molar refractivity (Wildman–Crippen MR) is 51.8 cm³/mol. The van der Waals surface area contributed by atoms with E-state index in [4.69, 9.17) is 9.47 Å². The highest BCUT2D eigenvalue weighted by Crippen LogP contribution is 2.16. The molecule has 1 aliphatic rings. The smallest absolute Gasteiger partial charge is 0.145 e. The standard InChI is InChI=1S/C11H12O2/c1-2-9-3-5-10(6-4-9)13-11-7-12-8-11/h2-6,11H,1,7-8H2. The van der Waals surface area contributed by atoms with Crippen LogP contribution in [0.5, 0.6) is 5.75 Å². The van der Waals surface area contributed by atoms with E-state index in [9.17, 15) is 0 Å². The molecule has 1 aliphatic heterocycles. The Morgan fingerprint density at radius 2 is 2.00 bits per heavy atom. The maximum absolute atomic E-state index is 5.59. The van der Waals surface area contributed by atoms with Gasteiger partial charge in [-0.1, -0.05) is 24.8 Å². The van der Waals surface area contributed by atoms with Crippen LogP contribution in [-0.2, 0) is 4.74 Å². The van der Waals surface area contributed by atoms with Crippen LogP contribution in [0, 0.1) is 0 Å². The molecule has 0 radical (unpaired) electrons. The molecule has 0 bridgehead atoms. The van der Waals surface area contributed by atoms with Crippen molar-refractivity contribution in [3.63, 3.8) is 0 Å². The van der Waals surface area contributed by atoms with E-state index in [0.717, 1.165) is 11.3 Å². The molecule has 1 heterocycles. The van der Waals surface area contributed by atoms with Crippen molar-refractivity contribution in [3.8, 4) is 5.75 Å². The van der Waals surface area contributed by atoms with Crippen LogP contribution in [0.1, 0.15) is 5.56 Å². The average molecular weight is 176 g/mol. The molecular formula is C11H12O2. The van der Waals surface area contributed by atoms with E-state index in [1.165, 1.54) is 0 Å². The van der Waals surface area contributed by atoms with Gasteiger partial charge >= 0.3 is 0 Å². The number of ether oxygens (including phenoxy) is 2. The Bertz CT molecular complexity index is 285. The third-order valence-electron chi connectivity index (χ3n) is 2.03. The summed E-state index contributed by atoms with van der Waals surface area (Å²) < 4.78 is 10.6. The summed E-state index contributed by atoms with van der Waals surface area (Å²) in [6.45, 7) is 5.11. The molecule has 2 nitrogen and oxygen atoms in total. The molecule has 13 heavy (non-hydrogen) atoms. The minimum Gasteiger partial charge on any atom is -0.486 e. The summed E-state index contributed by atoms with van der Waals surface area (Å²) in [6.07, 6.45) is 2.06. The average Bonchev–Trinajstić information content (AvgIpc) is 2.12. The first-order valence-corrected chi connectivity index (χ1v) is 4.35. The Morgan fingerprint density at radius 1 is 1.31 bits per heavy atom. The first-order valence-electron chi connectivity index (χ1n) is 4.35. The van der Waals surface area contributed by atoms with Crippen LogP contribution in [-0.4, -0.2) is 19.3 Å². The number of hydrogen-bond acceptors (Lipinski definition) is 2. The summed E-state index contributed by atoms with van der Waals surface area (Å²) in [4.78, 5) is 0. The van der Waals surface area contributed by atoms with Gasteiger partial charge in [-0.05, 0) is 17.7 Å². The Hall–Kier alpha value is -1.28. The molecule has 1 fully saturated rings. The highest BCUT2D eigenvalue weighted by atomic mass is 16.6. The lowest BCUT2D eigenvalue weighted by Gasteiger charge is -2.26. The molecule has 0 atom stereocenters. The topological polar surface area (TPSA) is 18.5 Å². The van der Waals surface area contributed by atoms with Gasteiger partial charge in [-0.15, -0.1) is 0 Å². The van der Waals surface area contributed by atoms with Gasteiger partial charge in [-0.2, -0.15) is 0 Å². The fourth-order valence-electron chi connectivity index (χ4n) is 1.16. The molecule has 0 N–H and O–H groups in total. The fraction of sp³-hybridized carbons (Fsp3) is 0.273. The SMILES string of the molecule is C=Cc1ccc(OC2COC2)cc1. The molecule has 2 heteroatoms. The number of benzene rings is 1. The Balaban J connectivity index is 2.00. The van der Waals surface area contributed by atoms with Crippen LogP contribution in [0.3, 0.4) is 0 Å². The lowest BCUT2D eigenvalue weighted by atomic mass is 10.2. The van der Waals surface area contributed by atoms with Gasteiger partial charge in [-0.3, -0.25) is 0 Å². The van der Waals surface area contributed by atoms with Crippen molar-refractivity contribution >= 4 is 6.08 Å².